The topological polar surface area (TPSA) is 74.1 Å². The maximum atomic E-state index is 11.1. The first-order chi connectivity index (χ1) is 9.67. The molecule has 1 heterocycles. The van der Waals surface area contributed by atoms with Crippen LogP contribution in [0.1, 0.15) is 11.9 Å². The van der Waals surface area contributed by atoms with E-state index in [-0.39, 0.29) is 5.69 Å². The molecule has 110 valence electrons. The molecule has 0 radical (unpaired) electrons. The number of hydrogen-bond donors (Lipinski definition) is 0. The van der Waals surface area contributed by atoms with Crippen LogP contribution in [0.2, 0.25) is 0 Å². The number of morpholine rings is 1. The number of nitro benzene ring substituents is 1. The van der Waals surface area contributed by atoms with Gasteiger partial charge in [-0.15, -0.1) is 0 Å². The van der Waals surface area contributed by atoms with Gasteiger partial charge in [0.05, 0.1) is 23.7 Å². The van der Waals surface area contributed by atoms with Crippen molar-refractivity contribution in [1.82, 2.24) is 0 Å². The van der Waals surface area contributed by atoms with Gasteiger partial charge in [0, 0.05) is 39.1 Å². The molecule has 1 fully saturated rings. The number of hydrogen-bond acceptors (Lipinski definition) is 6. The van der Waals surface area contributed by atoms with Gasteiger partial charge < -0.3 is 19.1 Å². The summed E-state index contributed by atoms with van der Waals surface area (Å²) in [6.07, 6.45) is -0.753. The molecule has 1 aliphatic heterocycles. The van der Waals surface area contributed by atoms with E-state index < -0.39 is 11.2 Å². The number of ether oxygens (including phenoxy) is 3. The van der Waals surface area contributed by atoms with Crippen molar-refractivity contribution in [3.8, 4) is 0 Å². The molecule has 0 aliphatic carbocycles. The number of nitro groups is 1. The van der Waals surface area contributed by atoms with Crippen molar-refractivity contribution in [3.05, 3.63) is 33.9 Å². The Morgan fingerprint density at radius 2 is 1.95 bits per heavy atom. The summed E-state index contributed by atoms with van der Waals surface area (Å²) in [5.74, 6) is 0. The second kappa shape index (κ2) is 6.65. The van der Waals surface area contributed by atoms with Crippen molar-refractivity contribution in [2.45, 2.75) is 6.29 Å². The van der Waals surface area contributed by atoms with E-state index in [4.69, 9.17) is 14.2 Å². The Kier molecular flexibility index (Phi) is 4.89. The van der Waals surface area contributed by atoms with E-state index >= 15 is 0 Å². The molecule has 2 rings (SSSR count). The second-order valence-electron chi connectivity index (χ2n) is 4.40. The lowest BCUT2D eigenvalue weighted by Crippen LogP contribution is -2.36. The summed E-state index contributed by atoms with van der Waals surface area (Å²) in [5, 5.41) is 11.1. The minimum Gasteiger partial charge on any atom is -0.378 e. The summed E-state index contributed by atoms with van der Waals surface area (Å²) >= 11 is 0. The molecule has 7 heteroatoms. The van der Waals surface area contributed by atoms with Crippen LogP contribution in [0.25, 0.3) is 0 Å². The zero-order chi connectivity index (χ0) is 14.5. The summed E-state index contributed by atoms with van der Waals surface area (Å²) in [6, 6.07) is 4.99. The maximum Gasteiger partial charge on any atom is 0.277 e. The van der Waals surface area contributed by atoms with Crippen molar-refractivity contribution in [2.75, 3.05) is 45.4 Å². The lowest BCUT2D eigenvalue weighted by atomic mass is 10.1. The second-order valence-corrected chi connectivity index (χ2v) is 4.40. The maximum absolute atomic E-state index is 11.1. The van der Waals surface area contributed by atoms with Crippen molar-refractivity contribution in [1.29, 1.82) is 0 Å². The molecule has 1 aromatic carbocycles. The van der Waals surface area contributed by atoms with Crippen molar-refractivity contribution in [3.63, 3.8) is 0 Å². The fraction of sp³-hybridized carbons (Fsp3) is 0.538. The van der Waals surface area contributed by atoms with Crippen LogP contribution in [0.3, 0.4) is 0 Å². The minimum absolute atomic E-state index is 0.00397. The van der Waals surface area contributed by atoms with Gasteiger partial charge in [-0.1, -0.05) is 0 Å². The van der Waals surface area contributed by atoms with Gasteiger partial charge in [0.2, 0.25) is 0 Å². The molecular weight excluding hydrogens is 264 g/mol. The molecule has 1 aromatic rings. The van der Waals surface area contributed by atoms with Crippen LogP contribution in [-0.4, -0.2) is 45.4 Å². The average molecular weight is 282 g/mol. The third-order valence-electron chi connectivity index (χ3n) is 3.27. The van der Waals surface area contributed by atoms with Gasteiger partial charge in [-0.05, 0) is 12.1 Å². The molecule has 0 atom stereocenters. The predicted octanol–water partition coefficient (Wildman–Crippen LogP) is 1.72. The highest BCUT2D eigenvalue weighted by Crippen LogP contribution is 2.32. The molecule has 0 spiro atoms. The van der Waals surface area contributed by atoms with Crippen molar-refractivity contribution in [2.24, 2.45) is 0 Å². The third kappa shape index (κ3) is 3.06. The molecule has 1 saturated heterocycles. The molecule has 0 amide bonds. The van der Waals surface area contributed by atoms with Crippen LogP contribution < -0.4 is 4.90 Å². The first-order valence-electron chi connectivity index (χ1n) is 6.34. The molecule has 0 N–H and O–H groups in total. The SMILES string of the molecule is COC(OC)c1cc(N2CCOCC2)ccc1[N+](=O)[O-]. The zero-order valence-electron chi connectivity index (χ0n) is 11.6. The highest BCUT2D eigenvalue weighted by atomic mass is 16.7. The quantitative estimate of drug-likeness (QED) is 0.465. The highest BCUT2D eigenvalue weighted by molar-refractivity contribution is 5.56. The fourth-order valence-electron chi connectivity index (χ4n) is 2.27. The first-order valence-corrected chi connectivity index (χ1v) is 6.34. The van der Waals surface area contributed by atoms with E-state index in [2.05, 4.69) is 4.90 Å². The average Bonchev–Trinajstić information content (AvgIpc) is 2.49. The van der Waals surface area contributed by atoms with E-state index in [1.165, 1.54) is 20.3 Å². The molecule has 0 saturated carbocycles. The normalized spacial score (nSPS) is 15.7. The smallest absolute Gasteiger partial charge is 0.277 e. The van der Waals surface area contributed by atoms with Crippen LogP contribution in [0.15, 0.2) is 18.2 Å². The van der Waals surface area contributed by atoms with E-state index in [1.54, 1.807) is 12.1 Å². The highest BCUT2D eigenvalue weighted by Gasteiger charge is 2.24. The molecule has 1 aliphatic rings. The summed E-state index contributed by atoms with van der Waals surface area (Å²) in [6.45, 7) is 2.85. The largest absolute Gasteiger partial charge is 0.378 e. The van der Waals surface area contributed by atoms with E-state index in [0.29, 0.717) is 18.8 Å². The molecule has 0 aromatic heterocycles. The molecule has 0 bridgehead atoms. The number of nitrogens with zero attached hydrogens (tertiary/aromatic N) is 2. The van der Waals surface area contributed by atoms with Crippen LogP contribution in [-0.2, 0) is 14.2 Å². The van der Waals surface area contributed by atoms with Gasteiger partial charge in [-0.2, -0.15) is 0 Å². The van der Waals surface area contributed by atoms with E-state index in [9.17, 15) is 10.1 Å². The third-order valence-corrected chi connectivity index (χ3v) is 3.27. The Labute approximate surface area is 117 Å². The van der Waals surface area contributed by atoms with Gasteiger partial charge in [0.1, 0.15) is 0 Å². The first kappa shape index (κ1) is 14.7. The standard InChI is InChI=1S/C13H18N2O5/c1-18-13(19-2)11-9-10(3-4-12(11)15(16)17)14-5-7-20-8-6-14/h3-4,9,13H,5-8H2,1-2H3. The van der Waals surface area contributed by atoms with E-state index in [1.807, 2.05) is 0 Å². The van der Waals surface area contributed by atoms with Gasteiger partial charge >= 0.3 is 0 Å². The fourth-order valence-corrected chi connectivity index (χ4v) is 2.27. The van der Waals surface area contributed by atoms with Crippen molar-refractivity contribution >= 4 is 11.4 Å². The summed E-state index contributed by atoms with van der Waals surface area (Å²) < 4.78 is 15.6. The number of anilines is 1. The Morgan fingerprint density at radius 3 is 2.50 bits per heavy atom. The van der Waals surface area contributed by atoms with Crippen LogP contribution in [0, 0.1) is 10.1 Å². The van der Waals surface area contributed by atoms with Crippen LogP contribution >= 0.6 is 0 Å². The number of rotatable bonds is 5. The van der Waals surface area contributed by atoms with Gasteiger partial charge in [-0.25, -0.2) is 0 Å². The summed E-state index contributed by atoms with van der Waals surface area (Å²) in [5.41, 5.74) is 1.33. The van der Waals surface area contributed by atoms with Crippen LogP contribution in [0.4, 0.5) is 11.4 Å². The Balaban J connectivity index is 2.36. The minimum atomic E-state index is -0.753. The lowest BCUT2D eigenvalue weighted by molar-refractivity contribution is -0.387. The zero-order valence-corrected chi connectivity index (χ0v) is 11.6. The summed E-state index contributed by atoms with van der Waals surface area (Å²) in [4.78, 5) is 12.8. The van der Waals surface area contributed by atoms with Gasteiger partial charge in [-0.3, -0.25) is 10.1 Å². The molecule has 0 unspecified atom stereocenters. The van der Waals surface area contributed by atoms with Crippen molar-refractivity contribution < 1.29 is 19.1 Å². The monoisotopic (exact) mass is 282 g/mol. The van der Waals surface area contributed by atoms with E-state index in [0.717, 1.165) is 18.8 Å². The predicted molar refractivity (Wildman–Crippen MR) is 72.9 cm³/mol. The number of benzene rings is 1. The molecule has 7 nitrogen and oxygen atoms in total. The molecule has 20 heavy (non-hydrogen) atoms. The Morgan fingerprint density at radius 1 is 1.30 bits per heavy atom. The lowest BCUT2D eigenvalue weighted by Gasteiger charge is -2.29. The summed E-state index contributed by atoms with van der Waals surface area (Å²) in [7, 11) is 2.92. The Bertz CT molecular complexity index is 470. The molecular formula is C13H18N2O5. The Hall–Kier alpha value is -1.70. The number of methoxy groups -OCH3 is 2. The van der Waals surface area contributed by atoms with Gasteiger partial charge in [0.15, 0.2) is 6.29 Å². The van der Waals surface area contributed by atoms with Gasteiger partial charge in [0.25, 0.3) is 5.69 Å². The van der Waals surface area contributed by atoms with Crippen LogP contribution in [0.5, 0.6) is 0 Å².